The molecule has 0 spiro atoms. The summed E-state index contributed by atoms with van der Waals surface area (Å²) in [6.45, 7) is 7.00. The first-order chi connectivity index (χ1) is 16.9. The molecule has 3 aromatic rings. The molecule has 2 heterocycles. The van der Waals surface area contributed by atoms with Gasteiger partial charge in [-0.05, 0) is 66.9 Å². The summed E-state index contributed by atoms with van der Waals surface area (Å²) in [6.07, 6.45) is 3.18. The van der Waals surface area contributed by atoms with Crippen molar-refractivity contribution in [3.63, 3.8) is 0 Å². The molecule has 2 aromatic carbocycles. The molecule has 1 fully saturated rings. The standard InChI is InChI=1S/C28H28N2O5/c1-4-34-22-10-8-21(9-11-22)30-25(19-12-14-29-15-13-19)24(27(32)28(30)33)26(31)20-6-5-7-23(16-20)35-17-18(2)3/h5-16,18,25,31H,4,17H2,1-3H3/b26-24-. The molecule has 7 nitrogen and oxygen atoms in total. The van der Waals surface area contributed by atoms with Gasteiger partial charge in [0.1, 0.15) is 17.3 Å². The lowest BCUT2D eigenvalue weighted by Crippen LogP contribution is -2.29. The van der Waals surface area contributed by atoms with E-state index < -0.39 is 17.7 Å². The molecule has 0 bridgehead atoms. The second-order valence-corrected chi connectivity index (χ2v) is 8.61. The van der Waals surface area contributed by atoms with E-state index in [4.69, 9.17) is 9.47 Å². The number of anilines is 1. The Hall–Kier alpha value is -4.13. The molecule has 1 aliphatic heterocycles. The minimum atomic E-state index is -0.823. The second kappa shape index (κ2) is 10.4. The van der Waals surface area contributed by atoms with Crippen molar-refractivity contribution in [1.29, 1.82) is 0 Å². The van der Waals surface area contributed by atoms with Crippen molar-refractivity contribution in [2.45, 2.75) is 26.8 Å². The number of hydrogen-bond donors (Lipinski definition) is 1. The van der Waals surface area contributed by atoms with Gasteiger partial charge in [-0.2, -0.15) is 0 Å². The number of Topliss-reactive ketones (excluding diaryl/α,β-unsaturated/α-hetero) is 1. The summed E-state index contributed by atoms with van der Waals surface area (Å²) in [4.78, 5) is 32.0. The maximum atomic E-state index is 13.3. The normalized spacial score (nSPS) is 17.1. The number of nitrogens with zero attached hydrogens (tertiary/aromatic N) is 2. The van der Waals surface area contributed by atoms with Gasteiger partial charge in [-0.15, -0.1) is 0 Å². The molecule has 1 aromatic heterocycles. The number of ether oxygens (including phenoxy) is 2. The Morgan fingerprint density at radius 1 is 1.00 bits per heavy atom. The first-order valence-corrected chi connectivity index (χ1v) is 11.6. The fourth-order valence-electron chi connectivity index (χ4n) is 3.98. The highest BCUT2D eigenvalue weighted by molar-refractivity contribution is 6.51. The summed E-state index contributed by atoms with van der Waals surface area (Å²) in [5.74, 6) is -0.168. The third-order valence-electron chi connectivity index (χ3n) is 5.58. The van der Waals surface area contributed by atoms with Crippen molar-refractivity contribution >= 4 is 23.1 Å². The lowest BCUT2D eigenvalue weighted by molar-refractivity contribution is -0.132. The molecule has 180 valence electrons. The van der Waals surface area contributed by atoms with E-state index in [1.807, 2.05) is 20.8 Å². The lowest BCUT2D eigenvalue weighted by atomic mass is 9.95. The van der Waals surface area contributed by atoms with E-state index >= 15 is 0 Å². The fourth-order valence-corrected chi connectivity index (χ4v) is 3.98. The number of carbonyl (C=O) groups excluding carboxylic acids is 2. The van der Waals surface area contributed by atoms with Gasteiger partial charge < -0.3 is 14.6 Å². The predicted octanol–water partition coefficient (Wildman–Crippen LogP) is 5.14. The summed E-state index contributed by atoms with van der Waals surface area (Å²) in [6, 6.07) is 16.5. The minimum Gasteiger partial charge on any atom is -0.507 e. The van der Waals surface area contributed by atoms with E-state index in [1.54, 1.807) is 73.1 Å². The van der Waals surface area contributed by atoms with Crippen LogP contribution in [0.5, 0.6) is 11.5 Å². The van der Waals surface area contributed by atoms with Crippen molar-refractivity contribution < 1.29 is 24.2 Å². The lowest BCUT2D eigenvalue weighted by Gasteiger charge is -2.25. The SMILES string of the molecule is CCOc1ccc(N2C(=O)C(=O)/C(=C(\O)c3cccc(OCC(C)C)c3)C2c2ccncc2)cc1. The van der Waals surface area contributed by atoms with Gasteiger partial charge in [-0.3, -0.25) is 19.5 Å². The van der Waals surface area contributed by atoms with E-state index in [-0.39, 0.29) is 11.3 Å². The monoisotopic (exact) mass is 472 g/mol. The zero-order valence-corrected chi connectivity index (χ0v) is 20.0. The van der Waals surface area contributed by atoms with Crippen LogP contribution in [-0.2, 0) is 9.59 Å². The number of ketones is 1. The quantitative estimate of drug-likeness (QED) is 0.277. The van der Waals surface area contributed by atoms with Crippen LogP contribution < -0.4 is 14.4 Å². The molecule has 1 atom stereocenters. The molecule has 7 heteroatoms. The highest BCUT2D eigenvalue weighted by Crippen LogP contribution is 2.42. The molecule has 1 saturated heterocycles. The van der Waals surface area contributed by atoms with Gasteiger partial charge in [0.05, 0.1) is 24.8 Å². The number of rotatable bonds is 8. The van der Waals surface area contributed by atoms with E-state index in [9.17, 15) is 14.7 Å². The molecule has 4 rings (SSSR count). The van der Waals surface area contributed by atoms with Crippen LogP contribution >= 0.6 is 0 Å². The molecular weight excluding hydrogens is 444 g/mol. The smallest absolute Gasteiger partial charge is 0.300 e. The number of benzene rings is 2. The van der Waals surface area contributed by atoms with Crippen molar-refractivity contribution in [1.82, 2.24) is 4.98 Å². The number of carbonyl (C=O) groups is 2. The van der Waals surface area contributed by atoms with Crippen LogP contribution in [0.4, 0.5) is 5.69 Å². The Kier molecular flexibility index (Phi) is 7.15. The number of pyridine rings is 1. The van der Waals surface area contributed by atoms with Gasteiger partial charge in [0, 0.05) is 23.6 Å². The van der Waals surface area contributed by atoms with E-state index in [1.165, 1.54) is 4.90 Å². The van der Waals surface area contributed by atoms with Crippen molar-refractivity contribution in [3.05, 3.63) is 89.8 Å². The van der Waals surface area contributed by atoms with Crippen LogP contribution in [0, 0.1) is 5.92 Å². The molecule has 1 amide bonds. The molecule has 35 heavy (non-hydrogen) atoms. The van der Waals surface area contributed by atoms with E-state index in [0.717, 1.165) is 0 Å². The number of aliphatic hydroxyl groups is 1. The maximum absolute atomic E-state index is 13.3. The molecule has 1 aliphatic rings. The Morgan fingerprint density at radius 2 is 1.71 bits per heavy atom. The molecule has 1 unspecified atom stereocenters. The summed E-state index contributed by atoms with van der Waals surface area (Å²) in [7, 11) is 0. The highest BCUT2D eigenvalue weighted by Gasteiger charge is 2.47. The fraction of sp³-hybridized carbons (Fsp3) is 0.250. The maximum Gasteiger partial charge on any atom is 0.300 e. The van der Waals surface area contributed by atoms with Gasteiger partial charge in [-0.1, -0.05) is 26.0 Å². The first-order valence-electron chi connectivity index (χ1n) is 11.6. The average Bonchev–Trinajstić information content (AvgIpc) is 3.14. The second-order valence-electron chi connectivity index (χ2n) is 8.61. The zero-order valence-electron chi connectivity index (χ0n) is 20.0. The third-order valence-corrected chi connectivity index (χ3v) is 5.58. The van der Waals surface area contributed by atoms with Gasteiger partial charge in [0.25, 0.3) is 11.7 Å². The summed E-state index contributed by atoms with van der Waals surface area (Å²) in [5.41, 5.74) is 1.58. The van der Waals surface area contributed by atoms with Crippen LogP contribution in [-0.4, -0.2) is 35.0 Å². The molecular formula is C28H28N2O5. The Balaban J connectivity index is 1.81. The molecule has 0 radical (unpaired) electrons. The van der Waals surface area contributed by atoms with Crippen molar-refractivity contribution in [2.75, 3.05) is 18.1 Å². The number of hydrogen-bond acceptors (Lipinski definition) is 6. The third kappa shape index (κ3) is 5.04. The molecule has 0 saturated carbocycles. The summed E-state index contributed by atoms with van der Waals surface area (Å²) < 4.78 is 11.3. The minimum absolute atomic E-state index is 0.0103. The highest BCUT2D eigenvalue weighted by atomic mass is 16.5. The molecule has 1 N–H and O–H groups in total. The van der Waals surface area contributed by atoms with Crippen LogP contribution in [0.25, 0.3) is 5.76 Å². The van der Waals surface area contributed by atoms with E-state index in [2.05, 4.69) is 4.98 Å². The van der Waals surface area contributed by atoms with Crippen LogP contribution in [0.1, 0.15) is 37.9 Å². The van der Waals surface area contributed by atoms with Gasteiger partial charge >= 0.3 is 0 Å². The predicted molar refractivity (Wildman–Crippen MR) is 133 cm³/mol. The largest absolute Gasteiger partial charge is 0.507 e. The Labute approximate surface area is 204 Å². The van der Waals surface area contributed by atoms with Gasteiger partial charge in [0.2, 0.25) is 0 Å². The number of aromatic nitrogens is 1. The van der Waals surface area contributed by atoms with Crippen LogP contribution in [0.2, 0.25) is 0 Å². The Morgan fingerprint density at radius 3 is 2.37 bits per heavy atom. The number of aliphatic hydroxyl groups excluding tert-OH is 1. The Bertz CT molecular complexity index is 1240. The summed E-state index contributed by atoms with van der Waals surface area (Å²) >= 11 is 0. The topological polar surface area (TPSA) is 89.0 Å². The first kappa shape index (κ1) is 24.0. The number of amides is 1. The van der Waals surface area contributed by atoms with Gasteiger partial charge in [0.15, 0.2) is 0 Å². The molecule has 0 aliphatic carbocycles. The average molecular weight is 473 g/mol. The van der Waals surface area contributed by atoms with Crippen molar-refractivity contribution in [3.8, 4) is 11.5 Å². The van der Waals surface area contributed by atoms with Gasteiger partial charge in [-0.25, -0.2) is 0 Å². The van der Waals surface area contributed by atoms with Crippen LogP contribution in [0.3, 0.4) is 0 Å². The summed E-state index contributed by atoms with van der Waals surface area (Å²) in [5, 5.41) is 11.3. The van der Waals surface area contributed by atoms with Crippen molar-refractivity contribution in [2.24, 2.45) is 5.92 Å². The van der Waals surface area contributed by atoms with E-state index in [0.29, 0.717) is 47.4 Å². The zero-order chi connectivity index (χ0) is 24.9. The van der Waals surface area contributed by atoms with Crippen LogP contribution in [0.15, 0.2) is 78.6 Å².